The van der Waals surface area contributed by atoms with Crippen molar-refractivity contribution in [1.29, 1.82) is 0 Å². The average molecular weight is 303 g/mol. The van der Waals surface area contributed by atoms with E-state index in [0.29, 0.717) is 0 Å². The molecule has 0 aliphatic carbocycles. The summed E-state index contributed by atoms with van der Waals surface area (Å²) in [5, 5.41) is 12.3. The van der Waals surface area contributed by atoms with Crippen molar-refractivity contribution in [3.8, 4) is 0 Å². The molecular formula is C14H13N3O5. The van der Waals surface area contributed by atoms with Crippen molar-refractivity contribution >= 4 is 23.8 Å². The Morgan fingerprint density at radius 2 is 1.55 bits per heavy atom. The first-order valence-electron chi connectivity index (χ1n) is 6.70. The van der Waals surface area contributed by atoms with Crippen LogP contribution in [0.4, 0.5) is 4.79 Å². The van der Waals surface area contributed by atoms with E-state index in [-0.39, 0.29) is 30.8 Å². The maximum absolute atomic E-state index is 12.1. The number of nitrogens with one attached hydrogen (secondary N) is 1. The summed E-state index contributed by atoms with van der Waals surface area (Å²) in [6.45, 7) is -0.653. The number of benzene rings is 1. The third-order valence-electron chi connectivity index (χ3n) is 3.60. The first-order valence-corrected chi connectivity index (χ1v) is 6.70. The van der Waals surface area contributed by atoms with E-state index in [2.05, 4.69) is 5.32 Å². The molecule has 1 atom stereocenters. The molecule has 1 unspecified atom stereocenters. The molecule has 1 saturated heterocycles. The number of aliphatic hydroxyl groups excluding tert-OH is 1. The molecule has 8 nitrogen and oxygen atoms in total. The summed E-state index contributed by atoms with van der Waals surface area (Å²) in [5.41, 5.74) is 0.574. The molecule has 0 saturated carbocycles. The summed E-state index contributed by atoms with van der Waals surface area (Å²) in [6, 6.07) is 5.79. The number of rotatable bonds is 4. The van der Waals surface area contributed by atoms with Crippen molar-refractivity contribution < 1.29 is 24.3 Å². The second kappa shape index (κ2) is 5.23. The van der Waals surface area contributed by atoms with Gasteiger partial charge in [-0.2, -0.15) is 0 Å². The molecule has 3 rings (SSSR count). The lowest BCUT2D eigenvalue weighted by Crippen LogP contribution is -2.44. The zero-order valence-electron chi connectivity index (χ0n) is 11.5. The van der Waals surface area contributed by atoms with Crippen LogP contribution in [0.3, 0.4) is 0 Å². The van der Waals surface area contributed by atoms with E-state index >= 15 is 0 Å². The molecule has 0 bridgehead atoms. The van der Waals surface area contributed by atoms with Crippen LogP contribution in [0.2, 0.25) is 0 Å². The van der Waals surface area contributed by atoms with Gasteiger partial charge in [0.25, 0.3) is 11.8 Å². The molecule has 114 valence electrons. The normalized spacial score (nSPS) is 18.8. The fourth-order valence-electron chi connectivity index (χ4n) is 2.52. The maximum atomic E-state index is 12.1. The van der Waals surface area contributed by atoms with Crippen molar-refractivity contribution in [2.45, 2.75) is 6.10 Å². The van der Waals surface area contributed by atoms with Gasteiger partial charge in [0.05, 0.1) is 36.9 Å². The Kier molecular flexibility index (Phi) is 3.38. The minimum atomic E-state index is -1.20. The van der Waals surface area contributed by atoms with Crippen LogP contribution in [0.1, 0.15) is 20.7 Å². The van der Waals surface area contributed by atoms with Crippen LogP contribution < -0.4 is 5.32 Å². The topological polar surface area (TPSA) is 107 Å². The monoisotopic (exact) mass is 303 g/mol. The van der Waals surface area contributed by atoms with Gasteiger partial charge >= 0.3 is 6.03 Å². The lowest BCUT2D eigenvalue weighted by molar-refractivity contribution is -0.126. The largest absolute Gasteiger partial charge is 0.389 e. The van der Waals surface area contributed by atoms with Crippen molar-refractivity contribution in [1.82, 2.24) is 15.1 Å². The Morgan fingerprint density at radius 1 is 1.00 bits per heavy atom. The van der Waals surface area contributed by atoms with Crippen LogP contribution >= 0.6 is 0 Å². The number of β-amino-alcohol motifs (C(OH)–C–C–N with tert-alkyl or cyclic N) is 1. The van der Waals surface area contributed by atoms with Crippen LogP contribution in [-0.2, 0) is 4.79 Å². The van der Waals surface area contributed by atoms with E-state index in [1.54, 1.807) is 24.3 Å². The number of amides is 5. The van der Waals surface area contributed by atoms with Gasteiger partial charge in [-0.05, 0) is 12.1 Å². The number of urea groups is 1. The minimum absolute atomic E-state index is 0.113. The standard InChI is InChI=1S/C14H13N3O5/c18-8(6-16-11(19)5-15-14(16)22)7-17-12(20)9-3-1-2-4-10(9)13(17)21/h1-4,8,18H,5-7H2,(H,15,22). The predicted molar refractivity (Wildman–Crippen MR) is 72.9 cm³/mol. The van der Waals surface area contributed by atoms with Gasteiger partial charge < -0.3 is 10.4 Å². The fourth-order valence-corrected chi connectivity index (χ4v) is 2.52. The second-order valence-corrected chi connectivity index (χ2v) is 5.08. The van der Waals surface area contributed by atoms with E-state index in [9.17, 15) is 24.3 Å². The number of aliphatic hydroxyl groups is 1. The Hall–Kier alpha value is -2.74. The molecule has 1 aromatic carbocycles. The highest BCUT2D eigenvalue weighted by atomic mass is 16.3. The third-order valence-corrected chi connectivity index (χ3v) is 3.60. The zero-order valence-corrected chi connectivity index (χ0v) is 11.5. The summed E-state index contributed by atoms with van der Waals surface area (Å²) in [7, 11) is 0. The van der Waals surface area contributed by atoms with Gasteiger partial charge in [0, 0.05) is 0 Å². The number of imide groups is 2. The highest BCUT2D eigenvalue weighted by Crippen LogP contribution is 2.22. The number of hydrogen-bond acceptors (Lipinski definition) is 5. The van der Waals surface area contributed by atoms with Crippen LogP contribution in [-0.4, -0.2) is 64.4 Å². The maximum Gasteiger partial charge on any atom is 0.324 e. The molecule has 0 aromatic heterocycles. The van der Waals surface area contributed by atoms with Crippen molar-refractivity contribution in [2.75, 3.05) is 19.6 Å². The Bertz CT molecular complexity index is 636. The smallest absolute Gasteiger partial charge is 0.324 e. The van der Waals surface area contributed by atoms with Gasteiger partial charge in [-0.25, -0.2) is 4.79 Å². The highest BCUT2D eigenvalue weighted by molar-refractivity contribution is 6.21. The van der Waals surface area contributed by atoms with Gasteiger partial charge in [-0.3, -0.25) is 24.2 Å². The summed E-state index contributed by atoms with van der Waals surface area (Å²) in [4.78, 5) is 48.9. The highest BCUT2D eigenvalue weighted by Gasteiger charge is 2.37. The summed E-state index contributed by atoms with van der Waals surface area (Å²) < 4.78 is 0. The summed E-state index contributed by atoms with van der Waals surface area (Å²) in [5.74, 6) is -1.43. The van der Waals surface area contributed by atoms with Crippen molar-refractivity contribution in [2.24, 2.45) is 0 Å². The van der Waals surface area contributed by atoms with Gasteiger partial charge in [0.2, 0.25) is 5.91 Å². The minimum Gasteiger partial charge on any atom is -0.389 e. The lowest BCUT2D eigenvalue weighted by Gasteiger charge is -2.21. The molecule has 22 heavy (non-hydrogen) atoms. The van der Waals surface area contributed by atoms with Crippen LogP contribution in [0.25, 0.3) is 0 Å². The fraction of sp³-hybridized carbons (Fsp3) is 0.286. The number of hydrogen-bond donors (Lipinski definition) is 2. The number of nitrogens with zero attached hydrogens (tertiary/aromatic N) is 2. The average Bonchev–Trinajstić information content (AvgIpc) is 2.94. The summed E-state index contributed by atoms with van der Waals surface area (Å²) >= 11 is 0. The first kappa shape index (κ1) is 14.2. The molecule has 2 aliphatic rings. The van der Waals surface area contributed by atoms with Gasteiger partial charge in [0.1, 0.15) is 0 Å². The number of carbonyl (C=O) groups is 4. The van der Waals surface area contributed by atoms with E-state index in [4.69, 9.17) is 0 Å². The molecule has 2 heterocycles. The van der Waals surface area contributed by atoms with E-state index in [1.165, 1.54) is 0 Å². The SMILES string of the molecule is O=C1CNC(=O)N1CC(O)CN1C(=O)c2ccccc2C1=O. The lowest BCUT2D eigenvalue weighted by atomic mass is 10.1. The van der Waals surface area contributed by atoms with E-state index < -0.39 is 29.9 Å². The summed E-state index contributed by atoms with van der Waals surface area (Å²) in [6.07, 6.45) is -1.20. The van der Waals surface area contributed by atoms with Gasteiger partial charge in [-0.1, -0.05) is 12.1 Å². The molecule has 2 aliphatic heterocycles. The quantitative estimate of drug-likeness (QED) is 0.559. The molecule has 5 amide bonds. The molecule has 2 N–H and O–H groups in total. The molecule has 0 spiro atoms. The van der Waals surface area contributed by atoms with Crippen LogP contribution in [0, 0.1) is 0 Å². The van der Waals surface area contributed by atoms with Crippen molar-refractivity contribution in [3.63, 3.8) is 0 Å². The molecule has 1 fully saturated rings. The predicted octanol–water partition coefficient (Wildman–Crippen LogP) is -0.805. The first-order chi connectivity index (χ1) is 10.5. The van der Waals surface area contributed by atoms with Crippen LogP contribution in [0.5, 0.6) is 0 Å². The number of carbonyl (C=O) groups excluding carboxylic acids is 4. The number of fused-ring (bicyclic) bond motifs is 1. The third kappa shape index (κ3) is 2.23. The van der Waals surface area contributed by atoms with E-state index in [0.717, 1.165) is 9.80 Å². The van der Waals surface area contributed by atoms with Gasteiger partial charge in [-0.15, -0.1) is 0 Å². The van der Waals surface area contributed by atoms with Crippen molar-refractivity contribution in [3.05, 3.63) is 35.4 Å². The zero-order chi connectivity index (χ0) is 15.9. The second-order valence-electron chi connectivity index (χ2n) is 5.08. The molecular weight excluding hydrogens is 290 g/mol. The Balaban J connectivity index is 1.69. The molecule has 0 radical (unpaired) electrons. The van der Waals surface area contributed by atoms with Gasteiger partial charge in [0.15, 0.2) is 0 Å². The Labute approximate surface area is 125 Å². The molecule has 1 aromatic rings. The molecule has 8 heteroatoms. The Morgan fingerprint density at radius 3 is 2.05 bits per heavy atom. The van der Waals surface area contributed by atoms with E-state index in [1.807, 2.05) is 0 Å². The van der Waals surface area contributed by atoms with Crippen LogP contribution in [0.15, 0.2) is 24.3 Å².